The van der Waals surface area contributed by atoms with Crippen LogP contribution in [0.5, 0.6) is 5.75 Å². The van der Waals surface area contributed by atoms with Gasteiger partial charge in [-0.1, -0.05) is 6.92 Å². The zero-order valence-electron chi connectivity index (χ0n) is 11.4. The second kappa shape index (κ2) is 6.14. The molecule has 0 aliphatic rings. The fourth-order valence-corrected chi connectivity index (χ4v) is 2.95. The van der Waals surface area contributed by atoms with Crippen LogP contribution in [0, 0.1) is 6.92 Å². The number of aryl methyl sites for hydroxylation is 2. The molecule has 0 fully saturated rings. The molecule has 7 heteroatoms. The Labute approximate surface area is 116 Å². The maximum absolute atomic E-state index is 5.74. The van der Waals surface area contributed by atoms with Crippen molar-refractivity contribution >= 4 is 11.3 Å². The lowest BCUT2D eigenvalue weighted by Gasteiger charge is -2.18. The van der Waals surface area contributed by atoms with Crippen LogP contribution in [0.15, 0.2) is 11.7 Å². The average Bonchev–Trinajstić information content (AvgIpc) is 3.00. The van der Waals surface area contributed by atoms with Crippen molar-refractivity contribution in [2.75, 3.05) is 7.11 Å². The molecule has 6 nitrogen and oxygen atoms in total. The summed E-state index contributed by atoms with van der Waals surface area (Å²) in [7, 11) is 1.64. The lowest BCUT2D eigenvalue weighted by molar-refractivity contribution is 0.398. The van der Waals surface area contributed by atoms with E-state index in [0.29, 0.717) is 0 Å². The molecule has 104 valence electrons. The Balaban J connectivity index is 2.48. The zero-order chi connectivity index (χ0) is 13.8. The Hall–Kier alpha value is -1.44. The molecule has 0 aliphatic heterocycles. The maximum atomic E-state index is 5.74. The molecular formula is C12H19N5OS. The Morgan fingerprint density at radius 1 is 1.58 bits per heavy atom. The molecule has 3 N–H and O–H groups in total. The monoisotopic (exact) mass is 281 g/mol. The first-order chi connectivity index (χ1) is 9.22. The number of aromatic nitrogens is 3. The Morgan fingerprint density at radius 3 is 2.89 bits per heavy atom. The fourth-order valence-electron chi connectivity index (χ4n) is 2.08. The molecule has 1 unspecified atom stereocenters. The highest BCUT2D eigenvalue weighted by atomic mass is 32.1. The summed E-state index contributed by atoms with van der Waals surface area (Å²) in [5.41, 5.74) is 6.59. The molecule has 0 spiro atoms. The summed E-state index contributed by atoms with van der Waals surface area (Å²) in [6, 6.07) is -0.156. The minimum atomic E-state index is -0.156. The van der Waals surface area contributed by atoms with E-state index < -0.39 is 0 Å². The standard InChI is InChI=1S/C12H19N5OS/c1-4-5-17-11(9(18-3)6-15-17)10(16-13)12-8(2)14-7-19-12/h6-7,10,16H,4-5,13H2,1-3H3. The van der Waals surface area contributed by atoms with Crippen molar-refractivity contribution in [2.24, 2.45) is 5.84 Å². The maximum Gasteiger partial charge on any atom is 0.162 e. The number of nitrogens with zero attached hydrogens (tertiary/aromatic N) is 3. The van der Waals surface area contributed by atoms with E-state index in [1.165, 1.54) is 0 Å². The molecule has 0 radical (unpaired) electrons. The van der Waals surface area contributed by atoms with E-state index in [2.05, 4.69) is 22.4 Å². The van der Waals surface area contributed by atoms with Crippen LogP contribution >= 0.6 is 11.3 Å². The van der Waals surface area contributed by atoms with Crippen molar-refractivity contribution < 1.29 is 4.74 Å². The number of nitrogens with one attached hydrogen (secondary N) is 1. The van der Waals surface area contributed by atoms with Crippen molar-refractivity contribution in [3.8, 4) is 5.75 Å². The Morgan fingerprint density at radius 2 is 2.37 bits per heavy atom. The number of ether oxygens (including phenoxy) is 1. The summed E-state index contributed by atoms with van der Waals surface area (Å²) < 4.78 is 7.33. The normalized spacial score (nSPS) is 12.6. The second-order valence-corrected chi connectivity index (χ2v) is 5.11. The van der Waals surface area contributed by atoms with Crippen LogP contribution in [0.25, 0.3) is 0 Å². The Kier molecular flexibility index (Phi) is 4.52. The minimum absolute atomic E-state index is 0.156. The van der Waals surface area contributed by atoms with Gasteiger partial charge in [0.2, 0.25) is 0 Å². The molecule has 0 saturated heterocycles. The van der Waals surface area contributed by atoms with Crippen LogP contribution in [0.2, 0.25) is 0 Å². The van der Waals surface area contributed by atoms with Gasteiger partial charge in [-0.2, -0.15) is 5.10 Å². The van der Waals surface area contributed by atoms with Gasteiger partial charge in [0, 0.05) is 6.54 Å². The van der Waals surface area contributed by atoms with Gasteiger partial charge < -0.3 is 4.74 Å². The van der Waals surface area contributed by atoms with Crippen molar-refractivity contribution in [1.29, 1.82) is 0 Å². The van der Waals surface area contributed by atoms with Crippen LogP contribution < -0.4 is 16.0 Å². The summed E-state index contributed by atoms with van der Waals surface area (Å²) >= 11 is 1.58. The zero-order valence-corrected chi connectivity index (χ0v) is 12.2. The predicted octanol–water partition coefficient (Wildman–Crippen LogP) is 1.62. The molecule has 19 heavy (non-hydrogen) atoms. The van der Waals surface area contributed by atoms with Gasteiger partial charge >= 0.3 is 0 Å². The van der Waals surface area contributed by atoms with Crippen LogP contribution in [0.1, 0.15) is 35.7 Å². The van der Waals surface area contributed by atoms with Crippen molar-refractivity contribution in [1.82, 2.24) is 20.2 Å². The lowest BCUT2D eigenvalue weighted by Crippen LogP contribution is -2.31. The molecule has 2 heterocycles. The molecule has 2 rings (SSSR count). The highest BCUT2D eigenvalue weighted by Gasteiger charge is 2.25. The number of hydrogen-bond donors (Lipinski definition) is 2. The van der Waals surface area contributed by atoms with Crippen molar-refractivity contribution in [3.63, 3.8) is 0 Å². The fraction of sp³-hybridized carbons (Fsp3) is 0.500. The smallest absolute Gasteiger partial charge is 0.162 e. The number of methoxy groups -OCH3 is 1. The molecule has 0 aliphatic carbocycles. The number of hydrazine groups is 1. The van der Waals surface area contributed by atoms with Gasteiger partial charge in [-0.25, -0.2) is 10.4 Å². The predicted molar refractivity (Wildman–Crippen MR) is 75.1 cm³/mol. The van der Waals surface area contributed by atoms with Crippen molar-refractivity contribution in [3.05, 3.63) is 28.0 Å². The van der Waals surface area contributed by atoms with Gasteiger partial charge in [0.1, 0.15) is 11.7 Å². The summed E-state index contributed by atoms with van der Waals surface area (Å²) in [5, 5.41) is 4.37. The highest BCUT2D eigenvalue weighted by Crippen LogP contribution is 2.33. The molecule has 0 saturated carbocycles. The summed E-state index contributed by atoms with van der Waals surface area (Å²) in [6.45, 7) is 4.92. The summed E-state index contributed by atoms with van der Waals surface area (Å²) in [4.78, 5) is 5.36. The molecule has 1 atom stereocenters. The van der Waals surface area contributed by atoms with E-state index in [1.54, 1.807) is 24.6 Å². The number of thiazole rings is 1. The SMILES string of the molecule is CCCn1ncc(OC)c1C(NN)c1scnc1C. The average molecular weight is 281 g/mol. The first kappa shape index (κ1) is 14.0. The van der Waals surface area contributed by atoms with E-state index in [4.69, 9.17) is 10.6 Å². The molecule has 0 amide bonds. The number of hydrogen-bond acceptors (Lipinski definition) is 6. The van der Waals surface area contributed by atoms with Crippen molar-refractivity contribution in [2.45, 2.75) is 32.9 Å². The lowest BCUT2D eigenvalue weighted by atomic mass is 10.1. The summed E-state index contributed by atoms with van der Waals surface area (Å²) in [5.74, 6) is 6.48. The van der Waals surface area contributed by atoms with Gasteiger partial charge in [0.25, 0.3) is 0 Å². The van der Waals surface area contributed by atoms with Gasteiger partial charge in [-0.05, 0) is 13.3 Å². The molecular weight excluding hydrogens is 262 g/mol. The van der Waals surface area contributed by atoms with Gasteiger partial charge in [-0.3, -0.25) is 10.5 Å². The van der Waals surface area contributed by atoms with E-state index in [9.17, 15) is 0 Å². The van der Waals surface area contributed by atoms with E-state index >= 15 is 0 Å². The number of nitrogens with two attached hydrogens (primary N) is 1. The van der Waals surface area contributed by atoms with Gasteiger partial charge in [-0.15, -0.1) is 11.3 Å². The molecule has 0 bridgehead atoms. The summed E-state index contributed by atoms with van der Waals surface area (Å²) in [6.07, 6.45) is 2.72. The largest absolute Gasteiger partial charge is 0.493 e. The van der Waals surface area contributed by atoms with E-state index in [-0.39, 0.29) is 6.04 Å². The third kappa shape index (κ3) is 2.63. The molecule has 0 aromatic carbocycles. The Bertz CT molecular complexity index is 536. The van der Waals surface area contributed by atoms with Crippen LogP contribution in [-0.4, -0.2) is 21.9 Å². The number of rotatable bonds is 6. The molecule has 2 aromatic heterocycles. The quantitative estimate of drug-likeness (QED) is 0.621. The van der Waals surface area contributed by atoms with Gasteiger partial charge in [0.15, 0.2) is 5.75 Å². The third-order valence-electron chi connectivity index (χ3n) is 2.99. The van der Waals surface area contributed by atoms with Crippen LogP contribution in [-0.2, 0) is 6.54 Å². The van der Waals surface area contributed by atoms with E-state index in [1.807, 2.05) is 17.1 Å². The van der Waals surface area contributed by atoms with Gasteiger partial charge in [0.05, 0.1) is 29.4 Å². The minimum Gasteiger partial charge on any atom is -0.493 e. The first-order valence-electron chi connectivity index (χ1n) is 6.18. The first-order valence-corrected chi connectivity index (χ1v) is 7.06. The second-order valence-electron chi connectivity index (χ2n) is 4.22. The van der Waals surface area contributed by atoms with E-state index in [0.717, 1.165) is 35.0 Å². The van der Waals surface area contributed by atoms with Crippen LogP contribution in [0.4, 0.5) is 0 Å². The third-order valence-corrected chi connectivity index (χ3v) is 3.98. The van der Waals surface area contributed by atoms with Crippen LogP contribution in [0.3, 0.4) is 0 Å². The topological polar surface area (TPSA) is 78.0 Å². The highest BCUT2D eigenvalue weighted by molar-refractivity contribution is 7.09. The molecule has 2 aromatic rings.